The summed E-state index contributed by atoms with van der Waals surface area (Å²) < 4.78 is 77.6. The van der Waals surface area contributed by atoms with E-state index >= 15 is 0 Å². The number of rotatable bonds is 10. The Bertz CT molecular complexity index is 1020. The molecule has 0 radical (unpaired) electrons. The lowest BCUT2D eigenvalue weighted by molar-refractivity contribution is -0.292. The fourth-order valence-electron chi connectivity index (χ4n) is 3.25. The molecule has 176 valence electrons. The second-order valence-corrected chi connectivity index (χ2v) is 7.16. The summed E-state index contributed by atoms with van der Waals surface area (Å²) >= 11 is 0. The number of hydrogen-bond acceptors (Lipinski definition) is 4. The maximum Gasteiger partial charge on any atom is 0.424 e. The molecule has 0 heterocycles. The Labute approximate surface area is 189 Å². The molecule has 4 nitrogen and oxygen atoms in total. The highest BCUT2D eigenvalue weighted by molar-refractivity contribution is 5.35. The fourth-order valence-corrected chi connectivity index (χ4v) is 3.25. The van der Waals surface area contributed by atoms with Crippen LogP contribution < -0.4 is 9.47 Å². The average molecular weight is 464 g/mol. The number of ether oxygens (including phenoxy) is 4. The van der Waals surface area contributed by atoms with E-state index in [4.69, 9.17) is 18.9 Å². The van der Waals surface area contributed by atoms with E-state index in [9.17, 15) is 17.6 Å². The highest BCUT2D eigenvalue weighted by Crippen LogP contribution is 2.42. The second-order valence-electron chi connectivity index (χ2n) is 7.16. The van der Waals surface area contributed by atoms with Gasteiger partial charge >= 0.3 is 6.18 Å². The molecule has 0 fully saturated rings. The zero-order valence-electron chi connectivity index (χ0n) is 18.2. The molecule has 0 saturated heterocycles. The molecule has 0 saturated carbocycles. The van der Waals surface area contributed by atoms with Crippen LogP contribution in [0.4, 0.5) is 17.6 Å². The van der Waals surface area contributed by atoms with Crippen molar-refractivity contribution in [1.82, 2.24) is 0 Å². The first-order valence-corrected chi connectivity index (χ1v) is 10.2. The zero-order chi connectivity index (χ0) is 23.9. The molecule has 3 aromatic rings. The van der Waals surface area contributed by atoms with Crippen LogP contribution in [-0.2, 0) is 21.7 Å². The van der Waals surface area contributed by atoms with Gasteiger partial charge in [0.25, 0.3) is 0 Å². The van der Waals surface area contributed by atoms with Crippen LogP contribution in [0.1, 0.15) is 18.1 Å². The number of alkyl halides is 3. The predicted molar refractivity (Wildman–Crippen MR) is 115 cm³/mol. The van der Waals surface area contributed by atoms with Crippen molar-refractivity contribution in [2.24, 2.45) is 0 Å². The second kappa shape index (κ2) is 10.7. The summed E-state index contributed by atoms with van der Waals surface area (Å²) in [6.07, 6.45) is -4.75. The molecule has 0 aliphatic carbocycles. The largest absolute Gasteiger partial charge is 0.494 e. The number of para-hydroxylation sites is 1. The molecule has 0 bridgehead atoms. The lowest BCUT2D eigenvalue weighted by atomic mass is 9.93. The van der Waals surface area contributed by atoms with Gasteiger partial charge in [-0.15, -0.1) is 0 Å². The Morgan fingerprint density at radius 3 is 2.15 bits per heavy atom. The van der Waals surface area contributed by atoms with E-state index in [2.05, 4.69) is 0 Å². The lowest BCUT2D eigenvalue weighted by Crippen LogP contribution is -2.48. The van der Waals surface area contributed by atoms with Crippen LogP contribution in [0.3, 0.4) is 0 Å². The summed E-state index contributed by atoms with van der Waals surface area (Å²) in [5.74, 6) is 0.230. The molecule has 0 aromatic heterocycles. The van der Waals surface area contributed by atoms with Crippen molar-refractivity contribution in [1.29, 1.82) is 0 Å². The number of methoxy groups -OCH3 is 1. The smallest absolute Gasteiger partial charge is 0.424 e. The van der Waals surface area contributed by atoms with Gasteiger partial charge in [0.2, 0.25) is 5.60 Å². The van der Waals surface area contributed by atoms with E-state index in [1.165, 1.54) is 42.5 Å². The van der Waals surface area contributed by atoms with Gasteiger partial charge < -0.3 is 18.9 Å². The van der Waals surface area contributed by atoms with Crippen LogP contribution in [-0.4, -0.2) is 26.5 Å². The van der Waals surface area contributed by atoms with Gasteiger partial charge in [0.1, 0.15) is 11.5 Å². The van der Waals surface area contributed by atoms with Crippen LogP contribution >= 0.6 is 0 Å². The molecule has 1 unspecified atom stereocenters. The quantitative estimate of drug-likeness (QED) is 0.315. The summed E-state index contributed by atoms with van der Waals surface area (Å²) in [5, 5.41) is 0. The summed E-state index contributed by atoms with van der Waals surface area (Å²) in [7, 11) is 0.983. The van der Waals surface area contributed by atoms with Crippen LogP contribution in [0, 0.1) is 5.82 Å². The van der Waals surface area contributed by atoms with E-state index in [1.54, 1.807) is 37.3 Å². The van der Waals surface area contributed by atoms with Crippen molar-refractivity contribution in [3.63, 3.8) is 0 Å². The average Bonchev–Trinajstić information content (AvgIpc) is 2.80. The van der Waals surface area contributed by atoms with Crippen molar-refractivity contribution >= 4 is 0 Å². The monoisotopic (exact) mass is 464 g/mol. The Balaban J connectivity index is 1.76. The Hall–Kier alpha value is -3.10. The standard InChI is InChI=1S/C25H24F4O4/c1-3-32-20-12-10-19(11-13-20)24(30-2,25(27,28)29)17-31-16-18-9-14-22(26)23(15-18)33-21-7-5-4-6-8-21/h4-15H,3,16-17H2,1-2H3. The van der Waals surface area contributed by atoms with E-state index in [0.717, 1.165) is 7.11 Å². The van der Waals surface area contributed by atoms with Crippen LogP contribution in [0.25, 0.3) is 0 Å². The minimum absolute atomic E-state index is 0.0531. The van der Waals surface area contributed by atoms with Crippen LogP contribution in [0.15, 0.2) is 72.8 Å². The number of hydrogen-bond donors (Lipinski definition) is 0. The van der Waals surface area contributed by atoms with E-state index in [1.807, 2.05) is 0 Å². The first kappa shape index (κ1) is 24.5. The highest BCUT2D eigenvalue weighted by atomic mass is 19.4. The maximum absolute atomic E-state index is 14.1. The number of benzene rings is 3. The van der Waals surface area contributed by atoms with Gasteiger partial charge in [0.15, 0.2) is 11.6 Å². The van der Waals surface area contributed by atoms with Gasteiger partial charge in [-0.2, -0.15) is 13.2 Å². The van der Waals surface area contributed by atoms with Gasteiger partial charge in [-0.05, 0) is 54.4 Å². The van der Waals surface area contributed by atoms with Gasteiger partial charge in [-0.25, -0.2) is 4.39 Å². The van der Waals surface area contributed by atoms with Gasteiger partial charge in [-0.1, -0.05) is 36.4 Å². The topological polar surface area (TPSA) is 36.9 Å². The SMILES string of the molecule is CCOc1ccc(C(COCc2ccc(F)c(Oc3ccccc3)c2)(OC)C(F)(F)F)cc1. The summed E-state index contributed by atoms with van der Waals surface area (Å²) in [6.45, 7) is 1.17. The molecule has 1 atom stereocenters. The lowest BCUT2D eigenvalue weighted by Gasteiger charge is -2.34. The summed E-state index contributed by atoms with van der Waals surface area (Å²) in [4.78, 5) is 0. The minimum Gasteiger partial charge on any atom is -0.494 e. The maximum atomic E-state index is 14.1. The molecule has 0 aliphatic heterocycles. The molecule has 3 aromatic carbocycles. The molecular formula is C25H24F4O4. The van der Waals surface area contributed by atoms with E-state index < -0.39 is 24.2 Å². The number of halogens is 4. The first-order valence-electron chi connectivity index (χ1n) is 10.2. The van der Waals surface area contributed by atoms with E-state index in [0.29, 0.717) is 23.7 Å². The third kappa shape index (κ3) is 5.83. The van der Waals surface area contributed by atoms with Crippen LogP contribution in [0.2, 0.25) is 0 Å². The third-order valence-electron chi connectivity index (χ3n) is 4.98. The summed E-state index contributed by atoms with van der Waals surface area (Å²) in [5.41, 5.74) is -2.35. The Morgan fingerprint density at radius 2 is 1.55 bits per heavy atom. The molecule has 0 aliphatic rings. The van der Waals surface area contributed by atoms with Gasteiger partial charge in [0.05, 0.1) is 19.8 Å². The molecule has 0 amide bonds. The predicted octanol–water partition coefficient (Wildman–Crippen LogP) is 6.64. The summed E-state index contributed by atoms with van der Waals surface area (Å²) in [6, 6.07) is 18.1. The van der Waals surface area contributed by atoms with Crippen LogP contribution in [0.5, 0.6) is 17.2 Å². The molecule has 33 heavy (non-hydrogen) atoms. The normalized spacial score (nSPS) is 13.4. The highest BCUT2D eigenvalue weighted by Gasteiger charge is 2.57. The molecular weight excluding hydrogens is 440 g/mol. The molecule has 0 spiro atoms. The molecule has 8 heteroatoms. The van der Waals surface area contributed by atoms with Crippen molar-refractivity contribution in [3.8, 4) is 17.2 Å². The minimum atomic E-state index is -4.75. The zero-order valence-corrected chi connectivity index (χ0v) is 18.2. The first-order chi connectivity index (χ1) is 15.8. The Morgan fingerprint density at radius 1 is 0.848 bits per heavy atom. The molecule has 0 N–H and O–H groups in total. The fraction of sp³-hybridized carbons (Fsp3) is 0.280. The van der Waals surface area contributed by atoms with Crippen molar-refractivity contribution in [2.45, 2.75) is 25.3 Å². The van der Waals surface area contributed by atoms with Crippen molar-refractivity contribution in [3.05, 3.63) is 89.7 Å². The molecule has 3 rings (SSSR count). The van der Waals surface area contributed by atoms with Gasteiger partial charge in [0, 0.05) is 7.11 Å². The van der Waals surface area contributed by atoms with Crippen molar-refractivity contribution < 1.29 is 36.5 Å². The van der Waals surface area contributed by atoms with Crippen molar-refractivity contribution in [2.75, 3.05) is 20.3 Å². The van der Waals surface area contributed by atoms with Gasteiger partial charge in [-0.3, -0.25) is 0 Å². The third-order valence-corrected chi connectivity index (χ3v) is 4.98. The Kier molecular flexibility index (Phi) is 7.94. The van der Waals surface area contributed by atoms with E-state index in [-0.39, 0.29) is 17.9 Å².